The first-order valence-corrected chi connectivity index (χ1v) is 14.6. The van der Waals surface area contributed by atoms with Crippen molar-refractivity contribution < 1.29 is 24.3 Å². The molecule has 2 amide bonds. The van der Waals surface area contributed by atoms with Crippen LogP contribution in [0.2, 0.25) is 0 Å². The van der Waals surface area contributed by atoms with Gasteiger partial charge in [0, 0.05) is 48.2 Å². The number of carbonyl (C=O) groups excluding carboxylic acids is 3. The maximum Gasteiger partial charge on any atom is 0.353 e. The molecule has 5 aliphatic heterocycles. The summed E-state index contributed by atoms with van der Waals surface area (Å²) in [7, 11) is 0. The number of amides is 2. The Balaban J connectivity index is 1.09. The minimum atomic E-state index is -1.12. The fourth-order valence-corrected chi connectivity index (χ4v) is 8.64. The molecule has 6 rings (SSSR count). The highest BCUT2D eigenvalue weighted by Crippen LogP contribution is 2.53. The zero-order valence-corrected chi connectivity index (χ0v) is 22.8. The average molecular weight is 559 g/mol. The van der Waals surface area contributed by atoms with Gasteiger partial charge in [0.1, 0.15) is 18.6 Å². The van der Waals surface area contributed by atoms with Gasteiger partial charge in [-0.25, -0.2) is 9.48 Å². The van der Waals surface area contributed by atoms with Crippen molar-refractivity contribution >= 4 is 35.3 Å². The Hall–Kier alpha value is -2.84. The molecule has 13 nitrogen and oxygen atoms in total. The van der Waals surface area contributed by atoms with Gasteiger partial charge in [0.25, 0.3) is 0 Å². The normalized spacial score (nSPS) is 34.3. The van der Waals surface area contributed by atoms with Gasteiger partial charge in [-0.1, -0.05) is 13.8 Å². The lowest BCUT2D eigenvalue weighted by molar-refractivity contribution is -0.160. The smallest absolute Gasteiger partial charge is 0.353 e. The molecule has 8 atom stereocenters. The van der Waals surface area contributed by atoms with E-state index in [0.29, 0.717) is 29.8 Å². The number of carboxylic acids is 1. The first kappa shape index (κ1) is 26.4. The summed E-state index contributed by atoms with van der Waals surface area (Å²) < 4.78 is 1.35. The second-order valence-electron chi connectivity index (χ2n) is 11.5. The molecule has 210 valence electrons. The number of hydrogen-bond donors (Lipinski definition) is 3. The molecule has 0 aliphatic carbocycles. The monoisotopic (exact) mass is 558 g/mol. The molecule has 39 heavy (non-hydrogen) atoms. The number of carbonyl (C=O) groups is 4. The number of fused-ring (bicyclic) bond motifs is 2. The molecule has 3 unspecified atom stereocenters. The van der Waals surface area contributed by atoms with Gasteiger partial charge < -0.3 is 25.5 Å². The average Bonchev–Trinajstić information content (AvgIpc) is 3.69. The van der Waals surface area contributed by atoms with E-state index >= 15 is 0 Å². The summed E-state index contributed by atoms with van der Waals surface area (Å²) in [4.78, 5) is 55.3. The summed E-state index contributed by atoms with van der Waals surface area (Å²) in [6.45, 7) is 7.05. The maximum atomic E-state index is 13.2. The minimum Gasteiger partial charge on any atom is -0.477 e. The van der Waals surface area contributed by atoms with Gasteiger partial charge >= 0.3 is 5.97 Å². The Bertz CT molecular complexity index is 1190. The van der Waals surface area contributed by atoms with Gasteiger partial charge in [-0.05, 0) is 41.6 Å². The number of rotatable bonds is 9. The van der Waals surface area contributed by atoms with Crippen LogP contribution < -0.4 is 10.6 Å². The molecule has 14 heteroatoms. The van der Waals surface area contributed by atoms with Crippen molar-refractivity contribution in [3.8, 4) is 0 Å². The summed E-state index contributed by atoms with van der Waals surface area (Å²) in [6.07, 6.45) is 3.28. The SMILES string of the molecule is CC(CC(=O)Cn1cnnn1)[C@H]1C(=O)N2C(C(=O)O)=C(S[C@@H]3CN[C@H](C(=O)N4CC5CCNC5C4)C3)[C@H](C)[C@H]12. The molecule has 0 spiro atoms. The molecule has 0 radical (unpaired) electrons. The Morgan fingerprint density at radius 2 is 2.08 bits per heavy atom. The first-order valence-electron chi connectivity index (χ1n) is 13.7. The minimum absolute atomic E-state index is 0.0335. The molecule has 6 heterocycles. The number of β-lactam (4-membered cyclic amide) rings is 1. The lowest BCUT2D eigenvalue weighted by atomic mass is 9.73. The van der Waals surface area contributed by atoms with E-state index in [1.807, 2.05) is 18.7 Å². The molecule has 4 fully saturated rings. The molecular formula is C25H34N8O5S. The Labute approximate surface area is 230 Å². The number of aliphatic carboxylic acids is 1. The van der Waals surface area contributed by atoms with E-state index in [1.54, 1.807) is 0 Å². The number of nitrogens with zero attached hydrogens (tertiary/aromatic N) is 6. The number of aromatic nitrogens is 4. The quantitative estimate of drug-likeness (QED) is 0.329. The molecule has 0 bridgehead atoms. The summed E-state index contributed by atoms with van der Waals surface area (Å²) in [5, 5.41) is 27.7. The molecule has 1 aromatic rings. The number of ketones is 1. The highest BCUT2D eigenvalue weighted by molar-refractivity contribution is 8.03. The van der Waals surface area contributed by atoms with E-state index in [4.69, 9.17) is 0 Å². The van der Waals surface area contributed by atoms with Crippen LogP contribution >= 0.6 is 11.8 Å². The topological polar surface area (TPSA) is 163 Å². The Kier molecular flexibility index (Phi) is 6.96. The predicted octanol–water partition coefficient (Wildman–Crippen LogP) is -0.675. The van der Waals surface area contributed by atoms with Crippen LogP contribution in [0.1, 0.15) is 33.1 Å². The number of hydrogen-bond acceptors (Lipinski definition) is 10. The van der Waals surface area contributed by atoms with E-state index in [0.717, 1.165) is 26.1 Å². The van der Waals surface area contributed by atoms with Gasteiger partial charge in [0.2, 0.25) is 11.8 Å². The lowest BCUT2D eigenvalue weighted by Crippen LogP contribution is -2.62. The zero-order valence-electron chi connectivity index (χ0n) is 22.0. The standard InChI is InChI=1S/C25H34N8O5S/c1-12(5-15(34)9-32-11-28-29-30-32)19-20-13(2)22(21(25(37)38)33(20)24(19)36)39-16-6-17(27-7-16)23(35)31-8-14-3-4-26-18(14)10-31/h11-14,16-20,26-27H,3-10H2,1-2H3,(H,37,38)/t12?,13-,14?,16+,17+,18?,19-,20-/m1/s1. The van der Waals surface area contributed by atoms with Crippen LogP contribution in [0, 0.1) is 23.7 Å². The largest absolute Gasteiger partial charge is 0.477 e. The number of tetrazole rings is 1. The molecule has 5 aliphatic rings. The number of carboxylic acid groups (broad SMARTS) is 1. The Morgan fingerprint density at radius 1 is 1.26 bits per heavy atom. The van der Waals surface area contributed by atoms with Crippen molar-refractivity contribution in [2.45, 2.75) is 63.0 Å². The van der Waals surface area contributed by atoms with Crippen LogP contribution in [-0.4, -0.2) is 108 Å². The molecule has 3 N–H and O–H groups in total. The van der Waals surface area contributed by atoms with E-state index in [2.05, 4.69) is 26.2 Å². The van der Waals surface area contributed by atoms with Crippen LogP contribution in [0.3, 0.4) is 0 Å². The van der Waals surface area contributed by atoms with E-state index < -0.39 is 11.9 Å². The number of likely N-dealkylation sites (tertiary alicyclic amines) is 1. The van der Waals surface area contributed by atoms with Crippen LogP contribution in [-0.2, 0) is 25.7 Å². The fourth-order valence-electron chi connectivity index (χ4n) is 7.16. The third-order valence-electron chi connectivity index (χ3n) is 9.04. The highest BCUT2D eigenvalue weighted by atomic mass is 32.2. The zero-order chi connectivity index (χ0) is 27.4. The van der Waals surface area contributed by atoms with Gasteiger partial charge in [0.05, 0.1) is 18.0 Å². The van der Waals surface area contributed by atoms with E-state index in [1.165, 1.54) is 27.7 Å². The van der Waals surface area contributed by atoms with E-state index in [-0.39, 0.29) is 65.4 Å². The van der Waals surface area contributed by atoms with Crippen molar-refractivity contribution in [2.24, 2.45) is 23.7 Å². The molecule has 1 aromatic heterocycles. The summed E-state index contributed by atoms with van der Waals surface area (Å²) in [6, 6.07) is -0.162. The fraction of sp³-hybridized carbons (Fsp3) is 0.720. The van der Waals surface area contributed by atoms with Crippen molar-refractivity contribution in [3.05, 3.63) is 16.9 Å². The second-order valence-corrected chi connectivity index (χ2v) is 12.9. The van der Waals surface area contributed by atoms with Crippen LogP contribution in [0.15, 0.2) is 16.9 Å². The highest BCUT2D eigenvalue weighted by Gasteiger charge is 2.60. The lowest BCUT2D eigenvalue weighted by Gasteiger charge is -2.47. The van der Waals surface area contributed by atoms with Crippen LogP contribution in [0.25, 0.3) is 0 Å². The van der Waals surface area contributed by atoms with Crippen molar-refractivity contribution in [3.63, 3.8) is 0 Å². The van der Waals surface area contributed by atoms with Gasteiger partial charge in [-0.2, -0.15) is 0 Å². The molecule has 0 saturated carbocycles. The van der Waals surface area contributed by atoms with Gasteiger partial charge in [-0.15, -0.1) is 16.9 Å². The van der Waals surface area contributed by atoms with Gasteiger partial charge in [0.15, 0.2) is 5.78 Å². The predicted molar refractivity (Wildman–Crippen MR) is 139 cm³/mol. The molecule has 0 aromatic carbocycles. The number of thioether (sulfide) groups is 1. The first-order chi connectivity index (χ1) is 18.7. The van der Waals surface area contributed by atoms with Crippen molar-refractivity contribution in [1.29, 1.82) is 0 Å². The van der Waals surface area contributed by atoms with Crippen molar-refractivity contribution in [2.75, 3.05) is 26.2 Å². The molecule has 4 saturated heterocycles. The molecular weight excluding hydrogens is 524 g/mol. The van der Waals surface area contributed by atoms with Crippen LogP contribution in [0.5, 0.6) is 0 Å². The third-order valence-corrected chi connectivity index (χ3v) is 10.6. The second kappa shape index (κ2) is 10.3. The summed E-state index contributed by atoms with van der Waals surface area (Å²) in [5.74, 6) is -1.61. The maximum absolute atomic E-state index is 13.2. The van der Waals surface area contributed by atoms with Crippen molar-refractivity contribution in [1.82, 2.24) is 40.6 Å². The summed E-state index contributed by atoms with van der Waals surface area (Å²) >= 11 is 1.49. The summed E-state index contributed by atoms with van der Waals surface area (Å²) in [5.41, 5.74) is 0.0548. The third kappa shape index (κ3) is 4.65. The number of nitrogens with one attached hydrogen (secondary N) is 2. The van der Waals surface area contributed by atoms with Crippen LogP contribution in [0.4, 0.5) is 0 Å². The van der Waals surface area contributed by atoms with E-state index in [9.17, 15) is 24.3 Å². The van der Waals surface area contributed by atoms with Gasteiger partial charge in [-0.3, -0.25) is 14.4 Å². The Morgan fingerprint density at radius 3 is 2.79 bits per heavy atom. The number of Topliss-reactive ketones (excluding diaryl/α,β-unsaturated/α-hetero) is 1.